The number of aliphatic imine (C=N–C) groups is 1. The standard InChI is InChI=1S/C13H18FN3S/c14-12-4-2-1-3-11(12)5-6-16-13(15)17-7-9-18-10-8-17/h1-4H,5-10H2,(H2,15,16). The third-order valence-electron chi connectivity index (χ3n) is 2.95. The van der Waals surface area contributed by atoms with Gasteiger partial charge < -0.3 is 10.6 Å². The summed E-state index contributed by atoms with van der Waals surface area (Å²) in [5, 5.41) is 0. The van der Waals surface area contributed by atoms with Gasteiger partial charge in [0.05, 0.1) is 0 Å². The predicted octanol–water partition coefficient (Wildman–Crippen LogP) is 1.73. The molecule has 0 aliphatic carbocycles. The maximum absolute atomic E-state index is 13.4. The largest absolute Gasteiger partial charge is 0.370 e. The quantitative estimate of drug-likeness (QED) is 0.670. The molecular weight excluding hydrogens is 249 g/mol. The van der Waals surface area contributed by atoms with Gasteiger partial charge in [0.1, 0.15) is 5.82 Å². The lowest BCUT2D eigenvalue weighted by Crippen LogP contribution is -2.42. The zero-order valence-electron chi connectivity index (χ0n) is 10.3. The minimum Gasteiger partial charge on any atom is -0.370 e. The van der Waals surface area contributed by atoms with Gasteiger partial charge in [-0.1, -0.05) is 18.2 Å². The van der Waals surface area contributed by atoms with Crippen LogP contribution < -0.4 is 5.73 Å². The van der Waals surface area contributed by atoms with Gasteiger partial charge in [0.2, 0.25) is 0 Å². The van der Waals surface area contributed by atoms with Crippen LogP contribution in [0.25, 0.3) is 0 Å². The molecule has 1 heterocycles. The van der Waals surface area contributed by atoms with E-state index in [0.717, 1.165) is 24.6 Å². The van der Waals surface area contributed by atoms with Crippen molar-refractivity contribution in [3.63, 3.8) is 0 Å². The monoisotopic (exact) mass is 267 g/mol. The predicted molar refractivity (Wildman–Crippen MR) is 75.5 cm³/mol. The summed E-state index contributed by atoms with van der Waals surface area (Å²) in [6, 6.07) is 6.80. The third-order valence-corrected chi connectivity index (χ3v) is 3.89. The summed E-state index contributed by atoms with van der Waals surface area (Å²) in [5.41, 5.74) is 6.62. The maximum Gasteiger partial charge on any atom is 0.191 e. The second-order valence-corrected chi connectivity index (χ2v) is 5.41. The number of rotatable bonds is 3. The van der Waals surface area contributed by atoms with E-state index < -0.39 is 0 Å². The topological polar surface area (TPSA) is 41.6 Å². The Morgan fingerprint density at radius 1 is 1.33 bits per heavy atom. The number of hydrogen-bond donors (Lipinski definition) is 1. The van der Waals surface area contributed by atoms with Gasteiger partial charge in [-0.2, -0.15) is 11.8 Å². The molecule has 0 bridgehead atoms. The molecule has 18 heavy (non-hydrogen) atoms. The molecular formula is C13H18FN3S. The molecule has 1 aromatic rings. The first kappa shape index (κ1) is 13.2. The Kier molecular flexibility index (Phi) is 4.87. The second-order valence-electron chi connectivity index (χ2n) is 4.18. The Labute approximate surface area is 111 Å². The molecule has 0 aromatic heterocycles. The first-order valence-electron chi connectivity index (χ1n) is 6.13. The summed E-state index contributed by atoms with van der Waals surface area (Å²) in [4.78, 5) is 6.42. The van der Waals surface area contributed by atoms with E-state index in [1.54, 1.807) is 12.1 Å². The van der Waals surface area contributed by atoms with E-state index >= 15 is 0 Å². The Balaban J connectivity index is 1.85. The van der Waals surface area contributed by atoms with Crippen LogP contribution in [0.5, 0.6) is 0 Å². The van der Waals surface area contributed by atoms with Crippen molar-refractivity contribution < 1.29 is 4.39 Å². The molecule has 0 radical (unpaired) electrons. The van der Waals surface area contributed by atoms with Crippen LogP contribution in [-0.2, 0) is 6.42 Å². The van der Waals surface area contributed by atoms with Gasteiger partial charge in [0.25, 0.3) is 0 Å². The molecule has 3 nitrogen and oxygen atoms in total. The smallest absolute Gasteiger partial charge is 0.191 e. The highest BCUT2D eigenvalue weighted by molar-refractivity contribution is 7.99. The zero-order valence-corrected chi connectivity index (χ0v) is 11.1. The third kappa shape index (κ3) is 3.63. The number of nitrogens with zero attached hydrogens (tertiary/aromatic N) is 2. The van der Waals surface area contributed by atoms with Gasteiger partial charge >= 0.3 is 0 Å². The summed E-state index contributed by atoms with van der Waals surface area (Å²) < 4.78 is 13.4. The van der Waals surface area contributed by atoms with Gasteiger partial charge in [-0.05, 0) is 18.1 Å². The van der Waals surface area contributed by atoms with E-state index in [1.807, 2.05) is 17.8 Å². The van der Waals surface area contributed by atoms with Crippen molar-refractivity contribution in [2.45, 2.75) is 6.42 Å². The molecule has 0 unspecified atom stereocenters. The molecule has 1 aliphatic heterocycles. The minimum atomic E-state index is -0.166. The number of hydrogen-bond acceptors (Lipinski definition) is 2. The van der Waals surface area contributed by atoms with Crippen molar-refractivity contribution in [1.29, 1.82) is 0 Å². The highest BCUT2D eigenvalue weighted by atomic mass is 32.2. The van der Waals surface area contributed by atoms with Gasteiger partial charge in [0, 0.05) is 31.1 Å². The van der Waals surface area contributed by atoms with Crippen molar-refractivity contribution >= 4 is 17.7 Å². The van der Waals surface area contributed by atoms with Crippen molar-refractivity contribution in [2.24, 2.45) is 10.7 Å². The zero-order chi connectivity index (χ0) is 12.8. The molecule has 0 spiro atoms. The number of benzene rings is 1. The first-order valence-corrected chi connectivity index (χ1v) is 7.29. The molecule has 5 heteroatoms. The van der Waals surface area contributed by atoms with Gasteiger partial charge in [-0.25, -0.2) is 4.39 Å². The van der Waals surface area contributed by atoms with Crippen LogP contribution in [0.4, 0.5) is 4.39 Å². The summed E-state index contributed by atoms with van der Waals surface area (Å²) in [7, 11) is 0. The second kappa shape index (κ2) is 6.64. The van der Waals surface area contributed by atoms with Crippen LogP contribution in [-0.4, -0.2) is 42.0 Å². The lowest BCUT2D eigenvalue weighted by molar-refractivity contribution is 0.456. The number of guanidine groups is 1. The average Bonchev–Trinajstić information content (AvgIpc) is 2.42. The van der Waals surface area contributed by atoms with E-state index in [-0.39, 0.29) is 5.82 Å². The molecule has 0 saturated carbocycles. The molecule has 1 aliphatic rings. The van der Waals surface area contributed by atoms with Crippen LogP contribution in [0.1, 0.15) is 5.56 Å². The van der Waals surface area contributed by atoms with Gasteiger partial charge in [0.15, 0.2) is 5.96 Å². The lowest BCUT2D eigenvalue weighted by Gasteiger charge is -2.27. The highest BCUT2D eigenvalue weighted by Crippen LogP contribution is 2.09. The van der Waals surface area contributed by atoms with Crippen LogP contribution in [0, 0.1) is 5.82 Å². The minimum absolute atomic E-state index is 0.166. The molecule has 0 amide bonds. The SMILES string of the molecule is NC(=NCCc1ccccc1F)N1CCSCC1. The normalized spacial score (nSPS) is 16.9. The maximum atomic E-state index is 13.4. The van der Waals surface area contributed by atoms with Crippen LogP contribution >= 0.6 is 11.8 Å². The van der Waals surface area contributed by atoms with Crippen molar-refractivity contribution in [3.05, 3.63) is 35.6 Å². The summed E-state index contributed by atoms with van der Waals surface area (Å²) in [6.45, 7) is 2.45. The number of thioether (sulfide) groups is 1. The van der Waals surface area contributed by atoms with Crippen LogP contribution in [0.15, 0.2) is 29.3 Å². The van der Waals surface area contributed by atoms with Crippen molar-refractivity contribution in [3.8, 4) is 0 Å². The number of nitrogens with two attached hydrogens (primary N) is 1. The van der Waals surface area contributed by atoms with Gasteiger partial charge in [-0.3, -0.25) is 4.99 Å². The van der Waals surface area contributed by atoms with E-state index in [2.05, 4.69) is 9.89 Å². The summed E-state index contributed by atoms with van der Waals surface area (Å²) in [6.07, 6.45) is 0.593. The van der Waals surface area contributed by atoms with Gasteiger partial charge in [-0.15, -0.1) is 0 Å². The Hall–Kier alpha value is -1.23. The molecule has 98 valence electrons. The molecule has 1 saturated heterocycles. The lowest BCUT2D eigenvalue weighted by atomic mass is 10.1. The van der Waals surface area contributed by atoms with E-state index in [1.165, 1.54) is 6.07 Å². The Morgan fingerprint density at radius 2 is 2.06 bits per heavy atom. The fourth-order valence-corrected chi connectivity index (χ4v) is 2.79. The summed E-state index contributed by atoms with van der Waals surface area (Å²) >= 11 is 1.94. The van der Waals surface area contributed by atoms with Crippen molar-refractivity contribution in [2.75, 3.05) is 31.1 Å². The van der Waals surface area contributed by atoms with E-state index in [0.29, 0.717) is 24.5 Å². The Bertz CT molecular complexity index is 416. The van der Waals surface area contributed by atoms with Crippen LogP contribution in [0.3, 0.4) is 0 Å². The molecule has 0 atom stereocenters. The molecule has 1 fully saturated rings. The van der Waals surface area contributed by atoms with Crippen molar-refractivity contribution in [1.82, 2.24) is 4.90 Å². The average molecular weight is 267 g/mol. The van der Waals surface area contributed by atoms with Crippen LogP contribution in [0.2, 0.25) is 0 Å². The molecule has 2 N–H and O–H groups in total. The summed E-state index contributed by atoms with van der Waals surface area (Å²) in [5.74, 6) is 2.62. The van der Waals surface area contributed by atoms with E-state index in [4.69, 9.17) is 5.73 Å². The van der Waals surface area contributed by atoms with E-state index in [9.17, 15) is 4.39 Å². The number of halogens is 1. The fraction of sp³-hybridized carbons (Fsp3) is 0.462. The first-order chi connectivity index (χ1) is 8.77. The molecule has 1 aromatic carbocycles. The molecule has 2 rings (SSSR count). The Morgan fingerprint density at radius 3 is 2.78 bits per heavy atom. The fourth-order valence-electron chi connectivity index (χ4n) is 1.88. The highest BCUT2D eigenvalue weighted by Gasteiger charge is 2.11.